The minimum atomic E-state index is 0.350. The van der Waals surface area contributed by atoms with Gasteiger partial charge in [-0.15, -0.1) is 0 Å². The molecule has 0 aromatic heterocycles. The molecule has 0 aliphatic heterocycles. The Labute approximate surface area is 119 Å². The van der Waals surface area contributed by atoms with Gasteiger partial charge in [-0.25, -0.2) is 0 Å². The van der Waals surface area contributed by atoms with Crippen molar-refractivity contribution < 1.29 is 0 Å². The van der Waals surface area contributed by atoms with E-state index in [-0.39, 0.29) is 0 Å². The quantitative estimate of drug-likeness (QED) is 0.497. The van der Waals surface area contributed by atoms with E-state index in [0.29, 0.717) is 16.2 Å². The maximum absolute atomic E-state index is 2.41. The van der Waals surface area contributed by atoms with Gasteiger partial charge in [0, 0.05) is 0 Å². The predicted molar refractivity (Wildman–Crippen MR) is 83.1 cm³/mol. The van der Waals surface area contributed by atoms with Crippen molar-refractivity contribution in [1.29, 1.82) is 0 Å². The first kappa shape index (κ1) is 13.5. The maximum atomic E-state index is 2.41. The first-order valence-electron chi connectivity index (χ1n) is 8.08. The van der Waals surface area contributed by atoms with Gasteiger partial charge in [-0.05, 0) is 59.5 Å². The van der Waals surface area contributed by atoms with Crippen molar-refractivity contribution in [2.75, 3.05) is 0 Å². The summed E-state index contributed by atoms with van der Waals surface area (Å²) >= 11 is 0. The van der Waals surface area contributed by atoms with E-state index in [0.717, 1.165) is 0 Å². The van der Waals surface area contributed by atoms with Gasteiger partial charge in [0.25, 0.3) is 0 Å². The number of hydrogen-bond acceptors (Lipinski definition) is 0. The van der Waals surface area contributed by atoms with Crippen LogP contribution in [-0.2, 0) is 0 Å². The Morgan fingerprint density at radius 2 is 1.16 bits per heavy atom. The monoisotopic (exact) mass is 258 g/mol. The van der Waals surface area contributed by atoms with Gasteiger partial charge in [-0.2, -0.15) is 0 Å². The summed E-state index contributed by atoms with van der Waals surface area (Å²) in [5.41, 5.74) is 8.49. The summed E-state index contributed by atoms with van der Waals surface area (Å²) in [4.78, 5) is 0. The molecule has 0 amide bonds. The third-order valence-corrected chi connectivity index (χ3v) is 5.77. The van der Waals surface area contributed by atoms with Gasteiger partial charge in [0.15, 0.2) is 0 Å². The zero-order valence-electron chi connectivity index (χ0n) is 13.7. The van der Waals surface area contributed by atoms with Crippen LogP contribution in [0.5, 0.6) is 0 Å². The van der Waals surface area contributed by atoms with E-state index in [1.807, 2.05) is 0 Å². The minimum Gasteiger partial charge on any atom is -0.0573 e. The van der Waals surface area contributed by atoms with Crippen LogP contribution < -0.4 is 0 Å². The normalized spacial score (nSPS) is 26.2. The molecule has 0 aromatic rings. The van der Waals surface area contributed by atoms with E-state index in [2.05, 4.69) is 41.5 Å². The standard InChI is InChI=1S/C19H30/c1-17(2,3)15-10-16(18(4,5)6)14-12-19(8-7-9-19)11-13(14)15/h7-12H2,1-6H3. The van der Waals surface area contributed by atoms with E-state index in [4.69, 9.17) is 0 Å². The maximum Gasteiger partial charge on any atom is -0.00861 e. The molecule has 0 bridgehead atoms. The Morgan fingerprint density at radius 3 is 1.42 bits per heavy atom. The Bertz CT molecular complexity index is 427. The van der Waals surface area contributed by atoms with Crippen LogP contribution in [0, 0.1) is 16.2 Å². The van der Waals surface area contributed by atoms with Crippen molar-refractivity contribution in [3.05, 3.63) is 22.3 Å². The molecule has 3 aliphatic carbocycles. The minimum absolute atomic E-state index is 0.350. The summed E-state index contributed by atoms with van der Waals surface area (Å²) in [7, 11) is 0. The first-order valence-corrected chi connectivity index (χ1v) is 8.08. The van der Waals surface area contributed by atoms with Gasteiger partial charge < -0.3 is 0 Å². The van der Waals surface area contributed by atoms with Gasteiger partial charge in [0.1, 0.15) is 0 Å². The van der Waals surface area contributed by atoms with Gasteiger partial charge in [-0.1, -0.05) is 59.1 Å². The lowest BCUT2D eigenvalue weighted by molar-refractivity contribution is 0.152. The molecule has 106 valence electrons. The summed E-state index contributed by atoms with van der Waals surface area (Å²) < 4.78 is 0. The van der Waals surface area contributed by atoms with Crippen molar-refractivity contribution in [1.82, 2.24) is 0 Å². The molecule has 0 N–H and O–H groups in total. The van der Waals surface area contributed by atoms with Crippen molar-refractivity contribution in [2.24, 2.45) is 16.2 Å². The molecule has 0 saturated heterocycles. The summed E-state index contributed by atoms with van der Waals surface area (Å²) in [6, 6.07) is 0. The summed E-state index contributed by atoms with van der Waals surface area (Å²) in [5.74, 6) is 0. The highest BCUT2D eigenvalue weighted by molar-refractivity contribution is 5.55. The Balaban J connectivity index is 2.05. The molecule has 0 atom stereocenters. The van der Waals surface area contributed by atoms with Gasteiger partial charge in [0.2, 0.25) is 0 Å². The highest BCUT2D eigenvalue weighted by atomic mass is 14.5. The third-order valence-electron chi connectivity index (χ3n) is 5.77. The number of allylic oxidation sites excluding steroid dienone is 4. The van der Waals surface area contributed by atoms with Crippen LogP contribution in [-0.4, -0.2) is 0 Å². The molecule has 0 nitrogen and oxygen atoms in total. The molecule has 19 heavy (non-hydrogen) atoms. The topological polar surface area (TPSA) is 0 Å². The van der Waals surface area contributed by atoms with Crippen molar-refractivity contribution in [3.8, 4) is 0 Å². The van der Waals surface area contributed by atoms with Gasteiger partial charge in [-0.3, -0.25) is 0 Å². The summed E-state index contributed by atoms with van der Waals surface area (Å²) in [6.07, 6.45) is 8.48. The molecule has 0 heterocycles. The van der Waals surface area contributed by atoms with Crippen LogP contribution in [0.1, 0.15) is 80.1 Å². The van der Waals surface area contributed by atoms with Crippen molar-refractivity contribution >= 4 is 0 Å². The zero-order chi connectivity index (χ0) is 14.1. The molecular weight excluding hydrogens is 228 g/mol. The van der Waals surface area contributed by atoms with Gasteiger partial charge >= 0.3 is 0 Å². The highest BCUT2D eigenvalue weighted by Crippen LogP contribution is 2.63. The molecule has 0 heteroatoms. The molecule has 3 rings (SSSR count). The fourth-order valence-corrected chi connectivity index (χ4v) is 4.46. The van der Waals surface area contributed by atoms with Gasteiger partial charge in [0.05, 0.1) is 0 Å². The number of hydrogen-bond donors (Lipinski definition) is 0. The fourth-order valence-electron chi connectivity index (χ4n) is 4.46. The molecule has 0 radical (unpaired) electrons. The fraction of sp³-hybridized carbons (Fsp3) is 0.789. The summed E-state index contributed by atoms with van der Waals surface area (Å²) in [6.45, 7) is 14.4. The highest BCUT2D eigenvalue weighted by Gasteiger charge is 2.49. The van der Waals surface area contributed by atoms with Crippen LogP contribution in [0.3, 0.4) is 0 Å². The van der Waals surface area contributed by atoms with Crippen molar-refractivity contribution in [2.45, 2.75) is 80.1 Å². The van der Waals surface area contributed by atoms with E-state index in [9.17, 15) is 0 Å². The van der Waals surface area contributed by atoms with Crippen LogP contribution in [0.25, 0.3) is 0 Å². The van der Waals surface area contributed by atoms with Crippen LogP contribution in [0.2, 0.25) is 0 Å². The molecule has 0 unspecified atom stereocenters. The summed E-state index contributed by atoms with van der Waals surface area (Å²) in [5, 5.41) is 0. The van der Waals surface area contributed by atoms with Crippen molar-refractivity contribution in [3.63, 3.8) is 0 Å². The average molecular weight is 258 g/mol. The SMILES string of the molecule is CC(C)(C)C1=C2CC3(CCC3)CC2=C(C(C)(C)C)C1. The second-order valence-corrected chi connectivity index (χ2v) is 9.30. The van der Waals surface area contributed by atoms with E-state index < -0.39 is 0 Å². The Kier molecular flexibility index (Phi) is 2.67. The van der Waals surface area contributed by atoms with Crippen LogP contribution in [0.4, 0.5) is 0 Å². The second kappa shape index (κ2) is 3.77. The Hall–Kier alpha value is -0.520. The average Bonchev–Trinajstić information content (AvgIpc) is 2.65. The lowest BCUT2D eigenvalue weighted by atomic mass is 9.66. The van der Waals surface area contributed by atoms with E-state index >= 15 is 0 Å². The number of fused-ring (bicyclic) bond motifs is 1. The van der Waals surface area contributed by atoms with Crippen LogP contribution in [0.15, 0.2) is 22.3 Å². The lowest BCUT2D eigenvalue weighted by Gasteiger charge is -2.39. The Morgan fingerprint density at radius 1 is 0.737 bits per heavy atom. The zero-order valence-corrected chi connectivity index (χ0v) is 13.7. The molecular formula is C19H30. The smallest absolute Gasteiger partial charge is 0.00861 e. The number of rotatable bonds is 0. The van der Waals surface area contributed by atoms with Crippen LogP contribution >= 0.6 is 0 Å². The third kappa shape index (κ3) is 2.03. The largest absolute Gasteiger partial charge is 0.0573 e. The lowest BCUT2D eigenvalue weighted by Crippen LogP contribution is -2.26. The molecule has 0 aromatic carbocycles. The second-order valence-electron chi connectivity index (χ2n) is 9.30. The van der Waals surface area contributed by atoms with E-state index in [1.54, 1.807) is 22.3 Å². The first-order chi connectivity index (χ1) is 8.62. The molecule has 2 fully saturated rings. The molecule has 2 saturated carbocycles. The van der Waals surface area contributed by atoms with E-state index in [1.165, 1.54) is 38.5 Å². The molecule has 3 aliphatic rings. The predicted octanol–water partition coefficient (Wildman–Crippen LogP) is 6.04. The molecule has 1 spiro atoms.